The van der Waals surface area contributed by atoms with Crippen LogP contribution in [0.15, 0.2) is 41.0 Å². The minimum Gasteiger partial charge on any atom is -0.497 e. The molecule has 0 aliphatic carbocycles. The Hall–Kier alpha value is -1.99. The van der Waals surface area contributed by atoms with E-state index >= 15 is 0 Å². The molecule has 0 saturated heterocycles. The topological polar surface area (TPSA) is 64.1 Å². The van der Waals surface area contributed by atoms with Crippen molar-refractivity contribution in [1.29, 1.82) is 0 Å². The number of amides is 1. The van der Waals surface area contributed by atoms with Crippen LogP contribution in [0.5, 0.6) is 5.75 Å². The van der Waals surface area contributed by atoms with Gasteiger partial charge < -0.3 is 4.74 Å². The van der Waals surface area contributed by atoms with E-state index in [1.54, 1.807) is 25.4 Å². The minimum absolute atomic E-state index is 0.298. The molecular formula is C14H10BrN3O2S. The Balaban J connectivity index is 1.88. The zero-order chi connectivity index (χ0) is 14.8. The average molecular weight is 364 g/mol. The van der Waals surface area contributed by atoms with Crippen molar-refractivity contribution >= 4 is 48.5 Å². The Labute approximate surface area is 133 Å². The van der Waals surface area contributed by atoms with Crippen LogP contribution < -0.4 is 10.1 Å². The highest BCUT2D eigenvalue weighted by molar-refractivity contribution is 9.10. The highest BCUT2D eigenvalue weighted by atomic mass is 79.9. The van der Waals surface area contributed by atoms with Crippen molar-refractivity contribution in [3.05, 3.63) is 46.7 Å². The summed E-state index contributed by atoms with van der Waals surface area (Å²) in [6.45, 7) is 0. The summed E-state index contributed by atoms with van der Waals surface area (Å²) in [5.74, 6) is 0.463. The lowest BCUT2D eigenvalue weighted by atomic mass is 10.3. The van der Waals surface area contributed by atoms with Crippen LogP contribution in [0.1, 0.15) is 10.5 Å². The lowest BCUT2D eigenvalue weighted by Crippen LogP contribution is -2.13. The van der Waals surface area contributed by atoms with E-state index in [4.69, 9.17) is 4.74 Å². The van der Waals surface area contributed by atoms with Gasteiger partial charge in [0.1, 0.15) is 11.4 Å². The Morgan fingerprint density at radius 1 is 1.38 bits per heavy atom. The fraction of sp³-hybridized carbons (Fsp3) is 0.0714. The van der Waals surface area contributed by atoms with Gasteiger partial charge in [0.05, 0.1) is 17.3 Å². The van der Waals surface area contributed by atoms with Crippen molar-refractivity contribution in [1.82, 2.24) is 9.97 Å². The van der Waals surface area contributed by atoms with E-state index in [-0.39, 0.29) is 5.91 Å². The maximum atomic E-state index is 12.2. The van der Waals surface area contributed by atoms with E-state index in [0.717, 1.165) is 16.0 Å². The molecule has 0 aliphatic rings. The molecule has 0 fully saturated rings. The van der Waals surface area contributed by atoms with Gasteiger partial charge in [-0.25, -0.2) is 9.97 Å². The highest BCUT2D eigenvalue weighted by Gasteiger charge is 2.14. The Bertz CT molecular complexity index is 819. The van der Waals surface area contributed by atoms with Crippen LogP contribution in [-0.2, 0) is 0 Å². The van der Waals surface area contributed by atoms with Crippen molar-refractivity contribution in [2.75, 3.05) is 12.4 Å². The van der Waals surface area contributed by atoms with E-state index in [1.807, 2.05) is 18.2 Å². The molecule has 0 atom stereocenters. The molecular weight excluding hydrogens is 354 g/mol. The molecule has 3 rings (SSSR count). The number of benzene rings is 1. The predicted molar refractivity (Wildman–Crippen MR) is 86.1 cm³/mol. The number of nitrogens with zero attached hydrogens (tertiary/aromatic N) is 2. The van der Waals surface area contributed by atoms with Crippen LogP contribution >= 0.6 is 27.3 Å². The van der Waals surface area contributed by atoms with Crippen LogP contribution in [0, 0.1) is 0 Å². The molecule has 0 spiro atoms. The summed E-state index contributed by atoms with van der Waals surface area (Å²) in [5.41, 5.74) is 1.14. The van der Waals surface area contributed by atoms with Crippen LogP contribution in [0.25, 0.3) is 10.2 Å². The number of aromatic nitrogens is 2. The summed E-state index contributed by atoms with van der Waals surface area (Å²) in [6, 6.07) is 9.11. The summed E-state index contributed by atoms with van der Waals surface area (Å²) in [6.07, 6.45) is 1.57. The number of fused-ring (bicyclic) bond motifs is 1. The number of rotatable bonds is 3. The lowest BCUT2D eigenvalue weighted by Gasteiger charge is -2.02. The summed E-state index contributed by atoms with van der Waals surface area (Å²) >= 11 is 4.70. The third-order valence-electron chi connectivity index (χ3n) is 2.79. The molecule has 0 aliphatic heterocycles. The Morgan fingerprint density at radius 2 is 2.24 bits per heavy atom. The number of anilines is 1. The molecule has 1 aromatic carbocycles. The van der Waals surface area contributed by atoms with Crippen LogP contribution in [0.4, 0.5) is 5.13 Å². The second kappa shape index (κ2) is 5.79. The van der Waals surface area contributed by atoms with E-state index < -0.39 is 0 Å². The number of carbonyl (C=O) groups excluding carboxylic acids is 1. The standard InChI is InChI=1S/C14H10BrN3O2S/c1-20-8-4-5-10-11(7-8)21-14(17-10)18-13(19)12-9(15)3-2-6-16-12/h2-7H,1H3,(H,17,18,19). The summed E-state index contributed by atoms with van der Waals surface area (Å²) in [7, 11) is 1.61. The average Bonchev–Trinajstić information content (AvgIpc) is 2.88. The number of hydrogen-bond donors (Lipinski definition) is 1. The SMILES string of the molecule is COc1ccc2nc(NC(=O)c3ncccc3Br)sc2c1. The first-order chi connectivity index (χ1) is 10.2. The van der Waals surface area contributed by atoms with Gasteiger partial charge in [-0.15, -0.1) is 0 Å². The smallest absolute Gasteiger partial charge is 0.277 e. The largest absolute Gasteiger partial charge is 0.497 e. The first kappa shape index (κ1) is 14.0. The fourth-order valence-electron chi connectivity index (χ4n) is 1.79. The number of halogens is 1. The van der Waals surface area contributed by atoms with Gasteiger partial charge >= 0.3 is 0 Å². The van der Waals surface area contributed by atoms with E-state index in [9.17, 15) is 4.79 Å². The van der Waals surface area contributed by atoms with Gasteiger partial charge in [-0.1, -0.05) is 11.3 Å². The van der Waals surface area contributed by atoms with Crippen LogP contribution in [0.2, 0.25) is 0 Å². The van der Waals surface area contributed by atoms with Gasteiger partial charge in [-0.2, -0.15) is 0 Å². The van der Waals surface area contributed by atoms with Crippen molar-refractivity contribution in [2.24, 2.45) is 0 Å². The predicted octanol–water partition coefficient (Wildman–Crippen LogP) is 3.71. The third-order valence-corrected chi connectivity index (χ3v) is 4.36. The van der Waals surface area contributed by atoms with Gasteiger partial charge in [0.15, 0.2) is 5.13 Å². The molecule has 7 heteroatoms. The molecule has 0 bridgehead atoms. The fourth-order valence-corrected chi connectivity index (χ4v) is 3.12. The minimum atomic E-state index is -0.298. The molecule has 21 heavy (non-hydrogen) atoms. The second-order valence-corrected chi connectivity index (χ2v) is 6.03. The molecule has 106 valence electrons. The number of nitrogens with one attached hydrogen (secondary N) is 1. The molecule has 5 nitrogen and oxygen atoms in total. The summed E-state index contributed by atoms with van der Waals surface area (Å²) < 4.78 is 6.77. The second-order valence-electron chi connectivity index (χ2n) is 4.14. The molecule has 2 aromatic heterocycles. The zero-order valence-corrected chi connectivity index (χ0v) is 13.4. The van der Waals surface area contributed by atoms with Gasteiger partial charge in [0.25, 0.3) is 5.91 Å². The van der Waals surface area contributed by atoms with Gasteiger partial charge in [-0.05, 0) is 46.3 Å². The highest BCUT2D eigenvalue weighted by Crippen LogP contribution is 2.29. The number of pyridine rings is 1. The van der Waals surface area contributed by atoms with Crippen LogP contribution in [-0.4, -0.2) is 23.0 Å². The quantitative estimate of drug-likeness (QED) is 0.770. The number of carbonyl (C=O) groups is 1. The Kier molecular flexibility index (Phi) is 3.85. The van der Waals surface area contributed by atoms with E-state index in [1.165, 1.54) is 11.3 Å². The summed E-state index contributed by atoms with van der Waals surface area (Å²) in [5, 5.41) is 3.29. The molecule has 3 aromatic rings. The normalized spacial score (nSPS) is 10.6. The maximum Gasteiger partial charge on any atom is 0.277 e. The maximum absolute atomic E-state index is 12.2. The number of hydrogen-bond acceptors (Lipinski definition) is 5. The third kappa shape index (κ3) is 2.88. The first-order valence-corrected chi connectivity index (χ1v) is 7.65. The molecule has 1 amide bonds. The molecule has 2 heterocycles. The summed E-state index contributed by atoms with van der Waals surface area (Å²) in [4.78, 5) is 20.6. The molecule has 0 radical (unpaired) electrons. The van der Waals surface area contributed by atoms with Gasteiger partial charge in [0.2, 0.25) is 0 Å². The van der Waals surface area contributed by atoms with Crippen molar-refractivity contribution in [3.63, 3.8) is 0 Å². The van der Waals surface area contributed by atoms with Gasteiger partial charge in [0, 0.05) is 10.7 Å². The monoisotopic (exact) mass is 363 g/mol. The van der Waals surface area contributed by atoms with Crippen molar-refractivity contribution in [2.45, 2.75) is 0 Å². The first-order valence-electron chi connectivity index (χ1n) is 6.04. The number of methoxy groups -OCH3 is 1. The molecule has 1 N–H and O–H groups in total. The molecule has 0 unspecified atom stereocenters. The van der Waals surface area contributed by atoms with E-state index in [2.05, 4.69) is 31.2 Å². The van der Waals surface area contributed by atoms with Crippen LogP contribution in [0.3, 0.4) is 0 Å². The van der Waals surface area contributed by atoms with E-state index in [0.29, 0.717) is 15.3 Å². The number of ether oxygens (including phenoxy) is 1. The molecule has 0 saturated carbocycles. The van der Waals surface area contributed by atoms with Crippen molar-refractivity contribution in [3.8, 4) is 5.75 Å². The lowest BCUT2D eigenvalue weighted by molar-refractivity contribution is 0.102. The van der Waals surface area contributed by atoms with Crippen molar-refractivity contribution < 1.29 is 9.53 Å². The Morgan fingerprint density at radius 3 is 3.00 bits per heavy atom. The number of thiazole rings is 1. The zero-order valence-electron chi connectivity index (χ0n) is 11.0. The van der Waals surface area contributed by atoms with Gasteiger partial charge in [-0.3, -0.25) is 10.1 Å².